The second-order valence-electron chi connectivity index (χ2n) is 8.61. The molecule has 0 aromatic heterocycles. The van der Waals surface area contributed by atoms with Crippen molar-refractivity contribution in [2.75, 3.05) is 0 Å². The smallest absolute Gasteiger partial charge is 0.151 e. The van der Waals surface area contributed by atoms with Crippen LogP contribution in [-0.4, -0.2) is 6.29 Å². The van der Waals surface area contributed by atoms with Gasteiger partial charge in [0.2, 0.25) is 0 Å². The molecule has 0 saturated heterocycles. The van der Waals surface area contributed by atoms with E-state index in [4.69, 9.17) is 22.4 Å². The minimum absolute atomic E-state index is 0.0598. The Balaban J connectivity index is 0.000000483. The van der Waals surface area contributed by atoms with Crippen LogP contribution in [0.4, 0.5) is 0 Å². The first-order chi connectivity index (χ1) is 21.5. The van der Waals surface area contributed by atoms with Crippen molar-refractivity contribution < 1.29 is 4.79 Å². The number of hydrogen-bond donors (Lipinski definition) is 0. The molecule has 1 aromatic rings. The highest BCUT2D eigenvalue weighted by Gasteiger charge is 2.56. The van der Waals surface area contributed by atoms with Crippen LogP contribution in [0, 0.1) is 5.41 Å². The average Bonchev–Trinajstić information content (AvgIpc) is 3.10. The van der Waals surface area contributed by atoms with E-state index in [9.17, 15) is 4.79 Å². The maximum atomic E-state index is 11.1. The first-order valence-corrected chi connectivity index (χ1v) is 46.2. The zero-order valence-corrected chi connectivity index (χ0v) is 46.7. The van der Waals surface area contributed by atoms with Gasteiger partial charge in [0.05, 0.1) is 0 Å². The lowest BCUT2D eigenvalue weighted by Crippen LogP contribution is -2.42. The van der Waals surface area contributed by atoms with Gasteiger partial charge in [-0.15, -0.1) is 0 Å². The van der Waals surface area contributed by atoms with Gasteiger partial charge in [-0.1, -0.05) is 57.5 Å². The second kappa shape index (κ2) is 28.7. The van der Waals surface area contributed by atoms with Crippen molar-refractivity contribution in [2.45, 2.75) is 52.4 Å². The Morgan fingerprint density at radius 2 is 0.733 bits per heavy atom. The number of benzene rings is 1. The molecular formula is C16H21BrOS27. The van der Waals surface area contributed by atoms with Crippen LogP contribution in [-0.2, 0) is 255 Å². The van der Waals surface area contributed by atoms with Crippen LogP contribution in [0.5, 0.6) is 0 Å². The first kappa shape index (κ1) is 48.3. The monoisotopic (exact) mass is 1170 g/mol. The van der Waals surface area contributed by atoms with Gasteiger partial charge in [0.25, 0.3) is 0 Å². The molecule has 0 saturated carbocycles. The van der Waals surface area contributed by atoms with E-state index in [0.717, 1.165) is 16.3 Å². The highest BCUT2D eigenvalue weighted by atomic mass is 79.9. The molecule has 0 unspecified atom stereocenters. The van der Waals surface area contributed by atoms with E-state index in [1.165, 1.54) is 28.9 Å². The standard InChI is InChI=1S/C16H21BrO.S27/c1-14(2)11-7-10(9-18)13(17)8-12(11)15(3,4)16(14,5)6;1-3-5-7-9-11-13-15-17-19-21-23-25-27-26-24-22-20-18-16-14-12-10-8-6-4-2/h7-9H,1-6H3;. The summed E-state index contributed by atoms with van der Waals surface area (Å²) in [6, 6.07) is 4.19. The van der Waals surface area contributed by atoms with Gasteiger partial charge >= 0.3 is 0 Å². The Morgan fingerprint density at radius 1 is 0.489 bits per heavy atom. The van der Waals surface area contributed by atoms with E-state index in [-0.39, 0.29) is 16.2 Å². The van der Waals surface area contributed by atoms with Crippen molar-refractivity contribution in [3.63, 3.8) is 0 Å². The molecule has 0 amide bonds. The van der Waals surface area contributed by atoms with Gasteiger partial charge in [-0.2, -0.15) is 0 Å². The first-order valence-electron chi connectivity index (χ1n) is 10.7. The van der Waals surface area contributed by atoms with Crippen molar-refractivity contribution in [1.29, 1.82) is 0 Å². The minimum Gasteiger partial charge on any atom is -0.298 e. The lowest BCUT2D eigenvalue weighted by molar-refractivity contribution is 0.112. The SMILES string of the molecule is CC1(C)c2cc(Br)c(C=O)cc2C(C)(C)C1(C)C.S=S=S=S=S=S=S=S=S=S=S=S=S=S=S=S=S=S=S=S=S=S=S=S=S=S=S. The fraction of sp³-hybridized carbons (Fsp3) is 0.562. The summed E-state index contributed by atoms with van der Waals surface area (Å²) in [6.45, 7) is 13.8. The average molecular weight is 1180 g/mol. The molecule has 1 aromatic carbocycles. The Bertz CT molecular complexity index is 2300. The molecule has 29 heteroatoms. The largest absolute Gasteiger partial charge is 0.298 e. The quantitative estimate of drug-likeness (QED) is 0.378. The maximum absolute atomic E-state index is 11.1. The molecule has 0 atom stereocenters. The molecular weight excluding hydrogens is 1150 g/mol. The van der Waals surface area contributed by atoms with Crippen LogP contribution < -0.4 is 0 Å². The Kier molecular flexibility index (Phi) is 30.8. The number of halogens is 1. The third-order valence-corrected chi connectivity index (χ3v) is 60.4. The Labute approximate surface area is 354 Å². The summed E-state index contributed by atoms with van der Waals surface area (Å²) < 4.78 is 0.901. The molecule has 0 bridgehead atoms. The molecule has 0 fully saturated rings. The number of hydrogen-bond acceptors (Lipinski definition) is 3. The highest BCUT2D eigenvalue weighted by molar-refractivity contribution is 9.10. The van der Waals surface area contributed by atoms with Gasteiger partial charge in [0.1, 0.15) is 0 Å². The topological polar surface area (TPSA) is 17.1 Å². The van der Waals surface area contributed by atoms with Crippen LogP contribution >= 0.6 is 15.9 Å². The Morgan fingerprint density at radius 3 is 0.978 bits per heavy atom. The predicted molar refractivity (Wildman–Crippen MR) is 278 cm³/mol. The molecule has 0 N–H and O–H groups in total. The minimum atomic E-state index is 0.0598. The molecule has 1 aliphatic carbocycles. The fourth-order valence-corrected chi connectivity index (χ4v) is 67.0. The number of rotatable bonds is 1. The number of fused-ring (bicyclic) bond motifs is 1. The summed E-state index contributed by atoms with van der Waals surface area (Å²) in [5.41, 5.74) is 3.71. The predicted octanol–water partition coefficient (Wildman–Crippen LogP) is 4.79. The van der Waals surface area contributed by atoms with Crippen molar-refractivity contribution in [1.82, 2.24) is 0 Å². The summed E-state index contributed by atoms with van der Waals surface area (Å²) in [5.74, 6) is 0. The highest BCUT2D eigenvalue weighted by Crippen LogP contribution is 2.61. The third-order valence-electron chi connectivity index (χ3n) is 6.40. The van der Waals surface area contributed by atoms with Crippen LogP contribution in [0.15, 0.2) is 16.6 Å². The van der Waals surface area contributed by atoms with Crippen LogP contribution in [0.3, 0.4) is 0 Å². The van der Waals surface area contributed by atoms with Crippen molar-refractivity contribution in [3.8, 4) is 0 Å². The number of carbonyl (C=O) groups excluding carboxylic acids is 1. The molecule has 0 heterocycles. The number of carbonyl (C=O) groups is 1. The van der Waals surface area contributed by atoms with Gasteiger partial charge in [-0.3, -0.25) is 4.79 Å². The van der Waals surface area contributed by atoms with E-state index < -0.39 is 0 Å². The van der Waals surface area contributed by atoms with Crippen molar-refractivity contribution in [2.24, 2.45) is 5.41 Å². The zero-order chi connectivity index (χ0) is 33.6. The van der Waals surface area contributed by atoms with E-state index >= 15 is 0 Å². The molecule has 260 valence electrons. The normalized spacial score (nSPS) is 13.6. The Hall–Kier alpha value is 5.31. The summed E-state index contributed by atoms with van der Waals surface area (Å²) in [5, 5.41) is 0. The van der Waals surface area contributed by atoms with E-state index in [0.29, 0.717) is 0 Å². The van der Waals surface area contributed by atoms with Crippen LogP contribution in [0.1, 0.15) is 63.0 Å². The van der Waals surface area contributed by atoms with Crippen LogP contribution in [0.2, 0.25) is 0 Å². The maximum Gasteiger partial charge on any atom is 0.151 e. The zero-order valence-electron chi connectivity index (χ0n) is 23.0. The summed E-state index contributed by atoms with van der Waals surface area (Å²) >= 11 is 13.1. The van der Waals surface area contributed by atoms with Crippen LogP contribution in [0.25, 0.3) is 0 Å². The van der Waals surface area contributed by atoms with E-state index in [1.807, 2.05) is 79.9 Å². The third kappa shape index (κ3) is 18.5. The number of aldehydes is 1. The lowest BCUT2D eigenvalue weighted by atomic mass is 9.59. The molecule has 0 radical (unpaired) electrons. The summed E-state index contributed by atoms with van der Waals surface area (Å²) in [7, 11) is 43.6. The molecule has 2 rings (SSSR count). The van der Waals surface area contributed by atoms with Crippen molar-refractivity contribution >= 4 is 267 Å². The van der Waals surface area contributed by atoms with Crippen molar-refractivity contribution in [3.05, 3.63) is 33.3 Å². The molecule has 45 heavy (non-hydrogen) atoms. The van der Waals surface area contributed by atoms with Gasteiger partial charge in [-0.25, -0.2) is 0 Å². The summed E-state index contributed by atoms with van der Waals surface area (Å²) in [6.07, 6.45) is 0.929. The second-order valence-corrected chi connectivity index (χ2v) is 53.7. The molecule has 1 nitrogen and oxygen atoms in total. The van der Waals surface area contributed by atoms with Gasteiger partial charge in [0.15, 0.2) is 6.29 Å². The van der Waals surface area contributed by atoms with Gasteiger partial charge in [0, 0.05) is 254 Å². The van der Waals surface area contributed by atoms with Gasteiger partial charge < -0.3 is 0 Å². The molecule has 1 aliphatic rings. The van der Waals surface area contributed by atoms with E-state index in [1.54, 1.807) is 124 Å². The summed E-state index contributed by atoms with van der Waals surface area (Å²) in [4.78, 5) is 11.1. The van der Waals surface area contributed by atoms with E-state index in [2.05, 4.69) is 69.6 Å². The molecule has 0 spiro atoms. The fourth-order valence-electron chi connectivity index (χ4n) is 3.43. The lowest BCUT2D eigenvalue weighted by Gasteiger charge is -2.44. The molecule has 0 aliphatic heterocycles. The van der Waals surface area contributed by atoms with Gasteiger partial charge in [-0.05, 0) is 39.5 Å².